The molecule has 0 unspecified atom stereocenters. The highest BCUT2D eigenvalue weighted by Gasteiger charge is 2.54. The van der Waals surface area contributed by atoms with Crippen LogP contribution in [0.25, 0.3) is 0 Å². The number of imide groups is 1. The number of amides is 3. The molecule has 6 heteroatoms. The number of carbonyl (C=O) groups is 2. The molecular weight excluding hydrogens is 342 g/mol. The van der Waals surface area contributed by atoms with Crippen molar-refractivity contribution in [2.75, 3.05) is 0 Å². The van der Waals surface area contributed by atoms with Crippen molar-refractivity contribution in [3.05, 3.63) is 95.4 Å². The first-order valence-electron chi connectivity index (χ1n) is 8.49. The smallest absolute Gasteiger partial charge is 0.346 e. The average Bonchev–Trinajstić information content (AvgIpc) is 3.23. The lowest BCUT2D eigenvalue weighted by Crippen LogP contribution is -2.44. The Morgan fingerprint density at radius 2 is 1.52 bits per heavy atom. The molecule has 2 heterocycles. The van der Waals surface area contributed by atoms with Crippen LogP contribution in [-0.2, 0) is 10.3 Å². The summed E-state index contributed by atoms with van der Waals surface area (Å²) < 4.78 is 5.42. The van der Waals surface area contributed by atoms with Crippen LogP contribution in [0, 0.1) is 6.92 Å². The second-order valence-electron chi connectivity index (χ2n) is 6.22. The Labute approximate surface area is 156 Å². The van der Waals surface area contributed by atoms with Crippen LogP contribution >= 0.6 is 0 Å². The number of hydrogen-bond donors (Lipinski definition) is 1. The highest BCUT2D eigenvalue weighted by molar-refractivity contribution is 6.09. The standard InChI is InChI=1S/C21H17N3O3/c1-15-12-13-18(27-15)14-22-24-19(25)21(23-20(24)26,16-8-4-2-5-9-16)17-10-6-3-7-11-17/h2-14H,1H3,(H,23,26)/b22-14-. The monoisotopic (exact) mass is 359 g/mol. The summed E-state index contributed by atoms with van der Waals surface area (Å²) in [6, 6.07) is 21.2. The summed E-state index contributed by atoms with van der Waals surface area (Å²) in [5.74, 6) is 0.714. The lowest BCUT2D eigenvalue weighted by molar-refractivity contribution is -0.130. The van der Waals surface area contributed by atoms with Crippen LogP contribution in [0.5, 0.6) is 0 Å². The molecule has 4 rings (SSSR count). The lowest BCUT2D eigenvalue weighted by Gasteiger charge is -2.27. The molecule has 1 aromatic heterocycles. The first-order chi connectivity index (χ1) is 13.1. The highest BCUT2D eigenvalue weighted by Crippen LogP contribution is 2.36. The van der Waals surface area contributed by atoms with E-state index < -0.39 is 17.5 Å². The zero-order chi connectivity index (χ0) is 18.9. The molecule has 1 aliphatic heterocycles. The molecule has 0 saturated carbocycles. The molecule has 1 N–H and O–H groups in total. The molecule has 0 radical (unpaired) electrons. The number of carbonyl (C=O) groups excluding carboxylic acids is 2. The van der Waals surface area contributed by atoms with Crippen molar-refractivity contribution in [2.45, 2.75) is 12.5 Å². The number of rotatable bonds is 4. The first kappa shape index (κ1) is 16.8. The fourth-order valence-corrected chi connectivity index (χ4v) is 3.19. The number of hydrogen-bond acceptors (Lipinski definition) is 4. The lowest BCUT2D eigenvalue weighted by atomic mass is 9.83. The topological polar surface area (TPSA) is 74.9 Å². The third kappa shape index (κ3) is 2.81. The van der Waals surface area contributed by atoms with Crippen LogP contribution in [0.15, 0.2) is 82.3 Å². The van der Waals surface area contributed by atoms with Gasteiger partial charge in [-0.05, 0) is 30.2 Å². The quantitative estimate of drug-likeness (QED) is 0.573. The maximum atomic E-state index is 13.4. The van der Waals surface area contributed by atoms with Crippen molar-refractivity contribution in [3.8, 4) is 0 Å². The molecule has 2 aromatic carbocycles. The predicted molar refractivity (Wildman–Crippen MR) is 100 cm³/mol. The molecular formula is C21H17N3O3. The summed E-state index contributed by atoms with van der Waals surface area (Å²) in [5.41, 5.74) is 0.0120. The number of benzene rings is 2. The van der Waals surface area contributed by atoms with Crippen LogP contribution in [0.2, 0.25) is 0 Å². The normalized spacial score (nSPS) is 16.1. The third-order valence-corrected chi connectivity index (χ3v) is 4.48. The molecule has 134 valence electrons. The van der Waals surface area contributed by atoms with Crippen molar-refractivity contribution >= 4 is 18.2 Å². The maximum absolute atomic E-state index is 13.4. The largest absolute Gasteiger partial charge is 0.460 e. The van der Waals surface area contributed by atoms with E-state index in [9.17, 15) is 9.59 Å². The second kappa shape index (κ2) is 6.57. The van der Waals surface area contributed by atoms with Gasteiger partial charge in [-0.2, -0.15) is 5.10 Å². The summed E-state index contributed by atoms with van der Waals surface area (Å²) in [4.78, 5) is 26.0. The van der Waals surface area contributed by atoms with Gasteiger partial charge >= 0.3 is 6.03 Å². The molecule has 1 aliphatic rings. The van der Waals surface area contributed by atoms with Crippen molar-refractivity contribution in [2.24, 2.45) is 5.10 Å². The average molecular weight is 359 g/mol. The van der Waals surface area contributed by atoms with Gasteiger partial charge in [0.15, 0.2) is 5.54 Å². The van der Waals surface area contributed by atoms with Gasteiger partial charge in [0.05, 0.1) is 6.21 Å². The van der Waals surface area contributed by atoms with Gasteiger partial charge in [-0.25, -0.2) is 4.79 Å². The first-order valence-corrected chi connectivity index (χ1v) is 8.49. The zero-order valence-electron chi connectivity index (χ0n) is 14.6. The molecule has 6 nitrogen and oxygen atoms in total. The van der Waals surface area contributed by atoms with Crippen molar-refractivity contribution in [3.63, 3.8) is 0 Å². The van der Waals surface area contributed by atoms with E-state index in [-0.39, 0.29) is 0 Å². The van der Waals surface area contributed by atoms with E-state index in [2.05, 4.69) is 10.4 Å². The fourth-order valence-electron chi connectivity index (χ4n) is 3.19. The van der Waals surface area contributed by atoms with Crippen molar-refractivity contribution in [1.29, 1.82) is 0 Å². The molecule has 27 heavy (non-hydrogen) atoms. The molecule has 1 fully saturated rings. The van der Waals surface area contributed by atoms with E-state index in [0.717, 1.165) is 10.8 Å². The van der Waals surface area contributed by atoms with Crippen LogP contribution in [0.3, 0.4) is 0 Å². The Morgan fingerprint density at radius 1 is 0.926 bits per heavy atom. The number of furan rings is 1. The Kier molecular flexibility index (Phi) is 4.08. The van der Waals surface area contributed by atoms with Crippen LogP contribution in [-0.4, -0.2) is 23.2 Å². The number of hydrazone groups is 1. The van der Waals surface area contributed by atoms with E-state index in [1.54, 1.807) is 19.1 Å². The van der Waals surface area contributed by atoms with Crippen molar-refractivity contribution < 1.29 is 14.0 Å². The van der Waals surface area contributed by atoms with E-state index in [4.69, 9.17) is 4.42 Å². The maximum Gasteiger partial charge on any atom is 0.346 e. The number of aryl methyl sites for hydroxylation is 1. The minimum atomic E-state index is -1.32. The summed E-state index contributed by atoms with van der Waals surface area (Å²) in [5, 5.41) is 7.75. The van der Waals surface area contributed by atoms with Gasteiger partial charge in [-0.15, -0.1) is 5.01 Å². The van der Waals surface area contributed by atoms with Crippen molar-refractivity contribution in [1.82, 2.24) is 10.3 Å². The van der Waals surface area contributed by atoms with Crippen LogP contribution in [0.4, 0.5) is 4.79 Å². The van der Waals surface area contributed by atoms with Gasteiger partial charge in [0.1, 0.15) is 11.5 Å². The highest BCUT2D eigenvalue weighted by atomic mass is 16.3. The fraction of sp³-hybridized carbons (Fsp3) is 0.0952. The van der Waals surface area contributed by atoms with E-state index >= 15 is 0 Å². The van der Waals surface area contributed by atoms with Gasteiger partial charge in [0.2, 0.25) is 0 Å². The number of nitrogens with one attached hydrogen (secondary N) is 1. The third-order valence-electron chi connectivity index (χ3n) is 4.48. The van der Waals surface area contributed by atoms with E-state index in [1.165, 1.54) is 6.21 Å². The molecule has 3 aromatic rings. The van der Waals surface area contributed by atoms with Gasteiger partial charge in [-0.1, -0.05) is 60.7 Å². The van der Waals surface area contributed by atoms with E-state index in [0.29, 0.717) is 16.9 Å². The summed E-state index contributed by atoms with van der Waals surface area (Å²) in [6.45, 7) is 1.81. The Hall–Kier alpha value is -3.67. The summed E-state index contributed by atoms with van der Waals surface area (Å²) in [7, 11) is 0. The van der Waals surface area contributed by atoms with Crippen LogP contribution in [0.1, 0.15) is 22.6 Å². The van der Waals surface area contributed by atoms with Gasteiger partial charge in [-0.3, -0.25) is 4.79 Å². The molecule has 3 amide bonds. The van der Waals surface area contributed by atoms with Gasteiger partial charge in [0.25, 0.3) is 5.91 Å². The molecule has 0 atom stereocenters. The molecule has 0 aliphatic carbocycles. The summed E-state index contributed by atoms with van der Waals surface area (Å²) in [6.07, 6.45) is 1.36. The van der Waals surface area contributed by atoms with Gasteiger partial charge < -0.3 is 9.73 Å². The van der Waals surface area contributed by atoms with Gasteiger partial charge in [0, 0.05) is 0 Å². The predicted octanol–water partition coefficient (Wildman–Crippen LogP) is 3.42. The zero-order valence-corrected chi connectivity index (χ0v) is 14.6. The summed E-state index contributed by atoms with van der Waals surface area (Å²) >= 11 is 0. The Bertz CT molecular complexity index is 970. The Balaban J connectivity index is 1.78. The number of nitrogens with zero attached hydrogens (tertiary/aromatic N) is 2. The van der Waals surface area contributed by atoms with E-state index in [1.807, 2.05) is 60.7 Å². The SMILES string of the molecule is Cc1ccc(/C=N\N2C(=O)NC(c3ccccc3)(c3ccccc3)C2=O)o1. The van der Waals surface area contributed by atoms with Crippen LogP contribution < -0.4 is 5.32 Å². The molecule has 0 bridgehead atoms. The Morgan fingerprint density at radius 3 is 2.04 bits per heavy atom. The minimum Gasteiger partial charge on any atom is -0.460 e. The molecule has 0 spiro atoms. The minimum absolute atomic E-state index is 0.463. The second-order valence-corrected chi connectivity index (χ2v) is 6.22. The molecule has 1 saturated heterocycles. The number of urea groups is 1.